The first-order valence-corrected chi connectivity index (χ1v) is 7.75. The highest BCUT2D eigenvalue weighted by molar-refractivity contribution is 7.90. The summed E-state index contributed by atoms with van der Waals surface area (Å²) in [5.74, 6) is 0. The summed E-state index contributed by atoms with van der Waals surface area (Å²) in [6, 6.07) is 11.7. The van der Waals surface area contributed by atoms with Gasteiger partial charge < -0.3 is 11.1 Å². The lowest BCUT2D eigenvalue weighted by molar-refractivity contribution is 0.602. The Hall–Kier alpha value is -1.72. The van der Waals surface area contributed by atoms with Crippen molar-refractivity contribution in [1.29, 1.82) is 0 Å². The summed E-state index contributed by atoms with van der Waals surface area (Å²) in [5, 5.41) is 3.74. The van der Waals surface area contributed by atoms with Gasteiger partial charge in [0.15, 0.2) is 9.84 Å². The first-order chi connectivity index (χ1) is 8.86. The van der Waals surface area contributed by atoms with Crippen molar-refractivity contribution in [2.45, 2.75) is 4.90 Å². The summed E-state index contributed by atoms with van der Waals surface area (Å²) in [6.07, 6.45) is 1.15. The van der Waals surface area contributed by atoms with Crippen molar-refractivity contribution in [2.75, 3.05) is 17.3 Å². The van der Waals surface area contributed by atoms with Gasteiger partial charge in [-0.15, -0.1) is 0 Å². The van der Waals surface area contributed by atoms with Gasteiger partial charge in [-0.05, 0) is 42.5 Å². The fraction of sp³-hybridized carbons (Fsp3) is 0.0769. The molecule has 2 aromatic rings. The second-order valence-electron chi connectivity index (χ2n) is 4.15. The van der Waals surface area contributed by atoms with Crippen LogP contribution < -0.4 is 11.1 Å². The number of anilines is 3. The summed E-state index contributed by atoms with van der Waals surface area (Å²) >= 11 is 5.80. The minimum atomic E-state index is -3.25. The number of nitrogens with one attached hydrogen (secondary N) is 1. The molecule has 0 aliphatic carbocycles. The van der Waals surface area contributed by atoms with Gasteiger partial charge in [0.1, 0.15) is 0 Å². The predicted octanol–water partition coefficient (Wildman–Crippen LogP) is 3.07. The largest absolute Gasteiger partial charge is 0.397 e. The van der Waals surface area contributed by atoms with Gasteiger partial charge in [-0.25, -0.2) is 8.42 Å². The Morgan fingerprint density at radius 2 is 1.74 bits per heavy atom. The molecule has 0 aliphatic heterocycles. The molecule has 0 aliphatic rings. The molecule has 0 spiro atoms. The van der Waals surface area contributed by atoms with Gasteiger partial charge in [0, 0.05) is 17.0 Å². The summed E-state index contributed by atoms with van der Waals surface area (Å²) in [6.45, 7) is 0. The predicted molar refractivity (Wildman–Crippen MR) is 78.7 cm³/mol. The lowest BCUT2D eigenvalue weighted by Gasteiger charge is -2.10. The molecular weight excluding hydrogens is 284 g/mol. The van der Waals surface area contributed by atoms with Crippen molar-refractivity contribution in [3.63, 3.8) is 0 Å². The van der Waals surface area contributed by atoms with Crippen LogP contribution in [-0.4, -0.2) is 14.7 Å². The van der Waals surface area contributed by atoms with Crippen LogP contribution in [0.1, 0.15) is 0 Å². The van der Waals surface area contributed by atoms with E-state index >= 15 is 0 Å². The Kier molecular flexibility index (Phi) is 3.68. The highest BCUT2D eigenvalue weighted by Crippen LogP contribution is 2.26. The molecule has 0 aromatic heterocycles. The summed E-state index contributed by atoms with van der Waals surface area (Å²) < 4.78 is 22.8. The van der Waals surface area contributed by atoms with Gasteiger partial charge in [0.25, 0.3) is 0 Å². The highest BCUT2D eigenvalue weighted by atomic mass is 35.5. The number of halogens is 1. The Labute approximate surface area is 117 Å². The number of nitrogen functional groups attached to an aromatic ring is 1. The second kappa shape index (κ2) is 5.11. The van der Waals surface area contributed by atoms with Crippen LogP contribution in [0.3, 0.4) is 0 Å². The molecule has 2 rings (SSSR count). The van der Waals surface area contributed by atoms with E-state index in [0.29, 0.717) is 16.4 Å². The summed E-state index contributed by atoms with van der Waals surface area (Å²) in [4.78, 5) is 0.201. The fourth-order valence-electron chi connectivity index (χ4n) is 1.57. The Morgan fingerprint density at radius 1 is 1.11 bits per heavy atom. The van der Waals surface area contributed by atoms with Crippen LogP contribution in [-0.2, 0) is 9.84 Å². The number of hydrogen-bond donors (Lipinski definition) is 2. The molecule has 0 fully saturated rings. The molecule has 2 aromatic carbocycles. The minimum Gasteiger partial charge on any atom is -0.397 e. The van der Waals surface area contributed by atoms with Gasteiger partial charge in [-0.3, -0.25) is 0 Å². The second-order valence-corrected chi connectivity index (χ2v) is 6.61. The zero-order chi connectivity index (χ0) is 14.0. The SMILES string of the molecule is CS(=O)(=O)c1ccc(Nc2ccc(Cl)cc2)c(N)c1. The van der Waals surface area contributed by atoms with E-state index in [2.05, 4.69) is 5.32 Å². The van der Waals surface area contributed by atoms with Crippen molar-refractivity contribution in [3.8, 4) is 0 Å². The zero-order valence-corrected chi connectivity index (χ0v) is 11.8. The molecule has 0 heterocycles. The lowest BCUT2D eigenvalue weighted by atomic mass is 10.2. The molecule has 3 N–H and O–H groups in total. The van der Waals surface area contributed by atoms with E-state index in [1.165, 1.54) is 12.1 Å². The molecule has 0 unspecified atom stereocenters. The summed E-state index contributed by atoms with van der Waals surface area (Å²) in [7, 11) is -3.25. The van der Waals surface area contributed by atoms with Gasteiger partial charge >= 0.3 is 0 Å². The van der Waals surface area contributed by atoms with Gasteiger partial charge in [0.05, 0.1) is 16.3 Å². The molecule has 100 valence electrons. The van der Waals surface area contributed by atoms with Crippen molar-refractivity contribution in [1.82, 2.24) is 0 Å². The van der Waals surface area contributed by atoms with Gasteiger partial charge in [0.2, 0.25) is 0 Å². The quantitative estimate of drug-likeness (QED) is 0.854. The number of nitrogens with two attached hydrogens (primary N) is 1. The monoisotopic (exact) mass is 296 g/mol. The molecule has 4 nitrogen and oxygen atoms in total. The highest BCUT2D eigenvalue weighted by Gasteiger charge is 2.09. The van der Waals surface area contributed by atoms with Crippen LogP contribution in [0.2, 0.25) is 5.02 Å². The van der Waals surface area contributed by atoms with Crippen LogP contribution in [0.15, 0.2) is 47.4 Å². The van der Waals surface area contributed by atoms with Crippen molar-refractivity contribution in [2.24, 2.45) is 0 Å². The third-order valence-electron chi connectivity index (χ3n) is 2.57. The van der Waals surface area contributed by atoms with E-state index in [0.717, 1.165) is 11.9 Å². The normalized spacial score (nSPS) is 11.3. The molecule has 0 radical (unpaired) electrons. The molecule has 0 atom stereocenters. The standard InChI is InChI=1S/C13H13ClN2O2S/c1-19(17,18)11-6-7-13(12(15)8-11)16-10-4-2-9(14)3-5-10/h2-8,16H,15H2,1H3. The Balaban J connectivity index is 2.29. The molecule has 6 heteroatoms. The third kappa shape index (κ3) is 3.39. The molecule has 0 amide bonds. The minimum absolute atomic E-state index is 0.201. The maximum Gasteiger partial charge on any atom is 0.175 e. The Morgan fingerprint density at radius 3 is 2.26 bits per heavy atom. The van der Waals surface area contributed by atoms with Crippen molar-refractivity contribution >= 4 is 38.5 Å². The Bertz CT molecular complexity index is 697. The van der Waals surface area contributed by atoms with Crippen LogP contribution >= 0.6 is 11.6 Å². The average molecular weight is 297 g/mol. The van der Waals surface area contributed by atoms with Crippen LogP contribution in [0.5, 0.6) is 0 Å². The zero-order valence-electron chi connectivity index (χ0n) is 10.2. The van der Waals surface area contributed by atoms with Gasteiger partial charge in [-0.2, -0.15) is 0 Å². The number of benzene rings is 2. The van der Waals surface area contributed by atoms with Crippen LogP contribution in [0, 0.1) is 0 Å². The van der Waals surface area contributed by atoms with E-state index in [4.69, 9.17) is 17.3 Å². The van der Waals surface area contributed by atoms with Crippen molar-refractivity contribution in [3.05, 3.63) is 47.5 Å². The summed E-state index contributed by atoms with van der Waals surface area (Å²) in [5.41, 5.74) is 7.69. The van der Waals surface area contributed by atoms with Crippen LogP contribution in [0.4, 0.5) is 17.1 Å². The van der Waals surface area contributed by atoms with E-state index in [1.807, 2.05) is 12.1 Å². The lowest BCUT2D eigenvalue weighted by Crippen LogP contribution is -2.01. The maximum absolute atomic E-state index is 11.4. The van der Waals surface area contributed by atoms with E-state index in [9.17, 15) is 8.42 Å². The smallest absolute Gasteiger partial charge is 0.175 e. The topological polar surface area (TPSA) is 72.2 Å². The molecule has 0 bridgehead atoms. The first kappa shape index (κ1) is 13.7. The average Bonchev–Trinajstić information content (AvgIpc) is 2.33. The number of rotatable bonds is 3. The third-order valence-corrected chi connectivity index (χ3v) is 3.94. The molecule has 0 saturated carbocycles. The van der Waals surface area contributed by atoms with Crippen LogP contribution in [0.25, 0.3) is 0 Å². The maximum atomic E-state index is 11.4. The number of hydrogen-bond acceptors (Lipinski definition) is 4. The van der Waals surface area contributed by atoms with E-state index < -0.39 is 9.84 Å². The first-order valence-electron chi connectivity index (χ1n) is 5.48. The molecule has 19 heavy (non-hydrogen) atoms. The fourth-order valence-corrected chi connectivity index (χ4v) is 2.36. The molecule has 0 saturated heterocycles. The molecular formula is C13H13ClN2O2S. The van der Waals surface area contributed by atoms with Gasteiger partial charge in [-0.1, -0.05) is 11.6 Å². The van der Waals surface area contributed by atoms with E-state index in [-0.39, 0.29) is 4.90 Å². The van der Waals surface area contributed by atoms with Crippen molar-refractivity contribution < 1.29 is 8.42 Å². The number of sulfone groups is 1. The van der Waals surface area contributed by atoms with E-state index in [1.54, 1.807) is 18.2 Å².